The zero-order chi connectivity index (χ0) is 10.9. The summed E-state index contributed by atoms with van der Waals surface area (Å²) in [5.74, 6) is 0.150. The van der Waals surface area contributed by atoms with Gasteiger partial charge in [-0.1, -0.05) is 0 Å². The maximum absolute atomic E-state index is 11.4. The second kappa shape index (κ2) is 9.63. The van der Waals surface area contributed by atoms with E-state index in [2.05, 4.69) is 22.1 Å². The van der Waals surface area contributed by atoms with E-state index in [1.165, 1.54) is 5.56 Å². The summed E-state index contributed by atoms with van der Waals surface area (Å²) in [4.78, 5) is 11.4. The van der Waals surface area contributed by atoms with Crippen molar-refractivity contribution in [2.24, 2.45) is 0 Å². The number of halogens is 1. The van der Waals surface area contributed by atoms with E-state index in [0.29, 0.717) is 6.42 Å². The van der Waals surface area contributed by atoms with E-state index >= 15 is 0 Å². The van der Waals surface area contributed by atoms with Gasteiger partial charge in [-0.25, -0.2) is 0 Å². The summed E-state index contributed by atoms with van der Waals surface area (Å²) in [5.41, 5.74) is 1.25. The Morgan fingerprint density at radius 3 is 2.88 bits per heavy atom. The Hall–Kier alpha value is -0.580. The summed E-state index contributed by atoms with van der Waals surface area (Å²) in [6.45, 7) is 1.72. The van der Waals surface area contributed by atoms with E-state index in [9.17, 15) is 4.79 Å². The van der Waals surface area contributed by atoms with Crippen molar-refractivity contribution >= 4 is 29.7 Å². The number of carbonyl (C=O) groups excluding carboxylic acids is 1. The molecule has 3 nitrogen and oxygen atoms in total. The maximum Gasteiger partial charge on any atom is 0.220 e. The van der Waals surface area contributed by atoms with Crippen LogP contribution in [0.3, 0.4) is 0 Å². The number of amides is 1. The molecule has 0 aliphatic carbocycles. The number of rotatable bonds is 7. The number of carbonyl (C=O) groups is 1. The van der Waals surface area contributed by atoms with Gasteiger partial charge in [0.1, 0.15) is 0 Å². The zero-order valence-electron chi connectivity index (χ0n) is 9.49. The number of hydrogen-bond acceptors (Lipinski definition) is 3. The zero-order valence-corrected chi connectivity index (χ0v) is 11.1. The molecule has 5 heteroatoms. The van der Waals surface area contributed by atoms with Crippen LogP contribution in [0.4, 0.5) is 0 Å². The molecular weight excluding hydrogens is 244 g/mol. The first kappa shape index (κ1) is 15.4. The van der Waals surface area contributed by atoms with Gasteiger partial charge in [0.05, 0.1) is 0 Å². The van der Waals surface area contributed by atoms with Crippen LogP contribution in [-0.2, 0) is 11.2 Å². The molecule has 1 amide bonds. The Labute approximate surface area is 107 Å². The fourth-order valence-corrected chi connectivity index (χ4v) is 1.98. The molecule has 16 heavy (non-hydrogen) atoms. The average Bonchev–Trinajstić information content (AvgIpc) is 2.74. The van der Waals surface area contributed by atoms with Crippen molar-refractivity contribution in [3.8, 4) is 0 Å². The fourth-order valence-electron chi connectivity index (χ4n) is 1.27. The molecule has 0 aliphatic heterocycles. The quantitative estimate of drug-likeness (QED) is 0.736. The molecule has 0 saturated heterocycles. The summed E-state index contributed by atoms with van der Waals surface area (Å²) in [7, 11) is 1.92. The van der Waals surface area contributed by atoms with Gasteiger partial charge in [-0.15, -0.1) is 12.4 Å². The van der Waals surface area contributed by atoms with Gasteiger partial charge in [-0.3, -0.25) is 4.79 Å². The largest absolute Gasteiger partial charge is 0.356 e. The number of thiophene rings is 1. The van der Waals surface area contributed by atoms with Crippen LogP contribution < -0.4 is 10.6 Å². The topological polar surface area (TPSA) is 41.1 Å². The fraction of sp³-hybridized carbons (Fsp3) is 0.545. The predicted octanol–water partition coefficient (Wildman–Crippen LogP) is 1.83. The highest BCUT2D eigenvalue weighted by Crippen LogP contribution is 2.07. The lowest BCUT2D eigenvalue weighted by atomic mass is 10.2. The van der Waals surface area contributed by atoms with Crippen molar-refractivity contribution in [1.29, 1.82) is 0 Å². The summed E-state index contributed by atoms with van der Waals surface area (Å²) in [5, 5.41) is 10.1. The van der Waals surface area contributed by atoms with Crippen LogP contribution in [0.15, 0.2) is 16.8 Å². The van der Waals surface area contributed by atoms with Crippen LogP contribution >= 0.6 is 23.7 Å². The first-order valence-corrected chi connectivity index (χ1v) is 6.19. The highest BCUT2D eigenvalue weighted by atomic mass is 35.5. The molecule has 2 N–H and O–H groups in total. The molecule has 1 rings (SSSR count). The van der Waals surface area contributed by atoms with Crippen LogP contribution in [0.25, 0.3) is 0 Å². The van der Waals surface area contributed by atoms with Crippen LogP contribution in [-0.4, -0.2) is 26.0 Å². The van der Waals surface area contributed by atoms with E-state index < -0.39 is 0 Å². The molecule has 0 aliphatic rings. The molecular formula is C11H19ClN2OS. The second-order valence-electron chi connectivity index (χ2n) is 3.44. The number of nitrogens with one attached hydrogen (secondary N) is 2. The third kappa shape index (κ3) is 6.82. The molecule has 0 spiro atoms. The van der Waals surface area contributed by atoms with Gasteiger partial charge >= 0.3 is 0 Å². The Kier molecular flexibility index (Phi) is 9.28. The molecule has 0 unspecified atom stereocenters. The van der Waals surface area contributed by atoms with Crippen molar-refractivity contribution in [3.05, 3.63) is 22.4 Å². The minimum Gasteiger partial charge on any atom is -0.356 e. The van der Waals surface area contributed by atoms with Gasteiger partial charge in [0.2, 0.25) is 5.91 Å². The molecule has 1 aromatic rings. The molecule has 92 valence electrons. The third-order valence-corrected chi connectivity index (χ3v) is 2.88. The molecule has 0 fully saturated rings. The van der Waals surface area contributed by atoms with Crippen molar-refractivity contribution in [2.75, 3.05) is 20.1 Å². The highest BCUT2D eigenvalue weighted by molar-refractivity contribution is 7.07. The molecule has 0 saturated carbocycles. The third-order valence-electron chi connectivity index (χ3n) is 2.15. The van der Waals surface area contributed by atoms with Crippen LogP contribution in [0, 0.1) is 0 Å². The lowest BCUT2D eigenvalue weighted by Crippen LogP contribution is -2.26. The Morgan fingerprint density at radius 2 is 2.25 bits per heavy atom. The summed E-state index contributed by atoms with van der Waals surface area (Å²) < 4.78 is 0. The van der Waals surface area contributed by atoms with Crippen LogP contribution in [0.2, 0.25) is 0 Å². The van der Waals surface area contributed by atoms with Gasteiger partial charge in [-0.05, 0) is 48.8 Å². The minimum atomic E-state index is 0. The first-order chi connectivity index (χ1) is 7.33. The normalized spacial score (nSPS) is 9.56. The van der Waals surface area contributed by atoms with Crippen molar-refractivity contribution < 1.29 is 4.79 Å². The Bertz CT molecular complexity index is 278. The number of aryl methyl sites for hydroxylation is 1. The van der Waals surface area contributed by atoms with E-state index in [1.54, 1.807) is 11.3 Å². The SMILES string of the molecule is CNCCCNC(=O)CCc1ccsc1.Cl. The maximum atomic E-state index is 11.4. The van der Waals surface area contributed by atoms with Gasteiger partial charge in [0.25, 0.3) is 0 Å². The predicted molar refractivity (Wildman–Crippen MR) is 71.4 cm³/mol. The van der Waals surface area contributed by atoms with Crippen LogP contribution in [0.1, 0.15) is 18.4 Å². The summed E-state index contributed by atoms with van der Waals surface area (Å²) in [6, 6.07) is 2.07. The molecule has 1 heterocycles. The first-order valence-electron chi connectivity index (χ1n) is 5.25. The smallest absolute Gasteiger partial charge is 0.220 e. The molecule has 1 aromatic heterocycles. The summed E-state index contributed by atoms with van der Waals surface area (Å²) in [6.07, 6.45) is 2.43. The lowest BCUT2D eigenvalue weighted by molar-refractivity contribution is -0.121. The monoisotopic (exact) mass is 262 g/mol. The van der Waals surface area contributed by atoms with E-state index in [1.807, 2.05) is 12.4 Å². The van der Waals surface area contributed by atoms with Crippen molar-refractivity contribution in [1.82, 2.24) is 10.6 Å². The van der Waals surface area contributed by atoms with E-state index in [0.717, 1.165) is 25.9 Å². The average molecular weight is 263 g/mol. The lowest BCUT2D eigenvalue weighted by Gasteiger charge is -2.04. The van der Waals surface area contributed by atoms with Gasteiger partial charge < -0.3 is 10.6 Å². The Balaban J connectivity index is 0.00000225. The second-order valence-corrected chi connectivity index (χ2v) is 4.22. The summed E-state index contributed by atoms with van der Waals surface area (Å²) >= 11 is 1.68. The van der Waals surface area contributed by atoms with E-state index in [4.69, 9.17) is 0 Å². The molecule has 0 atom stereocenters. The molecule has 0 aromatic carbocycles. The van der Waals surface area contributed by atoms with Gasteiger partial charge in [0, 0.05) is 13.0 Å². The highest BCUT2D eigenvalue weighted by Gasteiger charge is 2.01. The van der Waals surface area contributed by atoms with Gasteiger partial charge in [-0.2, -0.15) is 11.3 Å². The van der Waals surface area contributed by atoms with Gasteiger partial charge in [0.15, 0.2) is 0 Å². The van der Waals surface area contributed by atoms with Crippen LogP contribution in [0.5, 0.6) is 0 Å². The molecule has 0 radical (unpaired) electrons. The standard InChI is InChI=1S/C11H18N2OS.ClH/c1-12-6-2-7-13-11(14)4-3-10-5-8-15-9-10;/h5,8-9,12H,2-4,6-7H2,1H3,(H,13,14);1H. The number of hydrogen-bond donors (Lipinski definition) is 2. The van der Waals surface area contributed by atoms with E-state index in [-0.39, 0.29) is 18.3 Å². The van der Waals surface area contributed by atoms with Crippen molar-refractivity contribution in [2.45, 2.75) is 19.3 Å². The molecule has 0 bridgehead atoms. The van der Waals surface area contributed by atoms with Crippen molar-refractivity contribution in [3.63, 3.8) is 0 Å². The Morgan fingerprint density at radius 1 is 1.44 bits per heavy atom. The minimum absolute atomic E-state index is 0.